The molecule has 1 saturated heterocycles. The zero-order valence-corrected chi connectivity index (χ0v) is 18.9. The number of likely N-dealkylation sites (tertiary alicyclic amines) is 1. The highest BCUT2D eigenvalue weighted by Crippen LogP contribution is 2.30. The van der Waals surface area contributed by atoms with Gasteiger partial charge in [-0.05, 0) is 55.9 Å². The van der Waals surface area contributed by atoms with Gasteiger partial charge in [0.1, 0.15) is 12.4 Å². The minimum atomic E-state index is -0.495. The van der Waals surface area contributed by atoms with Crippen LogP contribution < -0.4 is 4.74 Å². The third-order valence-electron chi connectivity index (χ3n) is 6.53. The molecular weight excluding hydrogens is 404 g/mol. The van der Waals surface area contributed by atoms with E-state index in [1.54, 1.807) is 0 Å². The van der Waals surface area contributed by atoms with Gasteiger partial charge >= 0.3 is 6.09 Å². The molecule has 172 valence electrons. The number of hydrogen-bond donors (Lipinski definition) is 1. The highest BCUT2D eigenvalue weighted by molar-refractivity contribution is 5.67. The number of aryl methyl sites for hydroxylation is 1. The van der Waals surface area contributed by atoms with Crippen molar-refractivity contribution in [2.75, 3.05) is 32.8 Å². The standard InChI is InChI=1S/C26H34N2O4/c1-2-31-26(30)27-14-12-23(13-15-27)28-16-17-32-25-11-9-21(18-22(25)19-28)24(29)10-8-20-6-4-3-5-7-20/h3-7,9,11,18,23-24,29H,2,8,10,12-17,19H2,1H3/t24-/m0/s1. The van der Waals surface area contributed by atoms with Crippen molar-refractivity contribution in [2.24, 2.45) is 0 Å². The largest absolute Gasteiger partial charge is 0.492 e. The molecule has 0 bridgehead atoms. The molecule has 0 aromatic heterocycles. The molecule has 0 saturated carbocycles. The molecule has 6 heteroatoms. The molecule has 1 N–H and O–H groups in total. The van der Waals surface area contributed by atoms with E-state index >= 15 is 0 Å². The highest BCUT2D eigenvalue weighted by atomic mass is 16.6. The van der Waals surface area contributed by atoms with Crippen LogP contribution in [-0.2, 0) is 17.7 Å². The summed E-state index contributed by atoms with van der Waals surface area (Å²) in [5, 5.41) is 10.8. The molecular formula is C26H34N2O4. The van der Waals surface area contributed by atoms with Crippen LogP contribution in [0.3, 0.4) is 0 Å². The predicted molar refractivity (Wildman–Crippen MR) is 124 cm³/mol. The van der Waals surface area contributed by atoms with Gasteiger partial charge in [0.2, 0.25) is 0 Å². The van der Waals surface area contributed by atoms with Crippen LogP contribution >= 0.6 is 0 Å². The fourth-order valence-corrected chi connectivity index (χ4v) is 4.70. The van der Waals surface area contributed by atoms with Crippen LogP contribution in [0.25, 0.3) is 0 Å². The van der Waals surface area contributed by atoms with Gasteiger partial charge in [0.15, 0.2) is 0 Å². The lowest BCUT2D eigenvalue weighted by molar-refractivity contribution is 0.0704. The number of amides is 1. The van der Waals surface area contributed by atoms with E-state index in [1.807, 2.05) is 42.2 Å². The number of aliphatic hydroxyl groups is 1. The Labute approximate surface area is 190 Å². The van der Waals surface area contributed by atoms with Crippen molar-refractivity contribution < 1.29 is 19.4 Å². The number of aliphatic hydroxyl groups excluding tert-OH is 1. The van der Waals surface area contributed by atoms with Crippen molar-refractivity contribution in [1.82, 2.24) is 9.80 Å². The van der Waals surface area contributed by atoms with Crippen LogP contribution in [0.1, 0.15) is 49.0 Å². The normalized spacial score (nSPS) is 18.4. The molecule has 0 unspecified atom stereocenters. The molecule has 0 aliphatic carbocycles. The van der Waals surface area contributed by atoms with Crippen molar-refractivity contribution in [3.63, 3.8) is 0 Å². The van der Waals surface area contributed by atoms with E-state index in [-0.39, 0.29) is 6.09 Å². The van der Waals surface area contributed by atoms with Gasteiger partial charge in [-0.2, -0.15) is 0 Å². The SMILES string of the molecule is CCOC(=O)N1CCC(N2CCOc3ccc([C@@H](O)CCc4ccccc4)cc3C2)CC1. The first kappa shape index (κ1) is 22.6. The van der Waals surface area contributed by atoms with Crippen LogP contribution in [0, 0.1) is 0 Å². The summed E-state index contributed by atoms with van der Waals surface area (Å²) in [5.74, 6) is 0.912. The first-order valence-corrected chi connectivity index (χ1v) is 11.8. The van der Waals surface area contributed by atoms with Gasteiger partial charge < -0.3 is 19.5 Å². The molecule has 2 aliphatic heterocycles. The van der Waals surface area contributed by atoms with E-state index in [1.165, 1.54) is 5.56 Å². The van der Waals surface area contributed by atoms with Crippen LogP contribution in [0.5, 0.6) is 5.75 Å². The van der Waals surface area contributed by atoms with Crippen LogP contribution in [-0.4, -0.2) is 59.9 Å². The summed E-state index contributed by atoms with van der Waals surface area (Å²) < 4.78 is 11.2. The first-order chi connectivity index (χ1) is 15.6. The van der Waals surface area contributed by atoms with E-state index in [4.69, 9.17) is 9.47 Å². The minimum Gasteiger partial charge on any atom is -0.492 e. The van der Waals surface area contributed by atoms with Gasteiger partial charge in [0.25, 0.3) is 0 Å². The van der Waals surface area contributed by atoms with Gasteiger partial charge in [-0.15, -0.1) is 0 Å². The predicted octanol–water partition coefficient (Wildman–Crippen LogP) is 4.17. The van der Waals surface area contributed by atoms with Crippen molar-refractivity contribution in [3.8, 4) is 5.75 Å². The zero-order chi connectivity index (χ0) is 22.3. The van der Waals surface area contributed by atoms with Gasteiger partial charge in [-0.1, -0.05) is 36.4 Å². The molecule has 6 nitrogen and oxygen atoms in total. The summed E-state index contributed by atoms with van der Waals surface area (Å²) in [6.07, 6.45) is 2.72. The lowest BCUT2D eigenvalue weighted by Crippen LogP contribution is -2.47. The summed E-state index contributed by atoms with van der Waals surface area (Å²) in [4.78, 5) is 16.3. The average Bonchev–Trinajstić information content (AvgIpc) is 3.05. The van der Waals surface area contributed by atoms with Crippen molar-refractivity contribution in [3.05, 3.63) is 65.2 Å². The van der Waals surface area contributed by atoms with Crippen LogP contribution in [0.4, 0.5) is 4.79 Å². The topological polar surface area (TPSA) is 62.2 Å². The Kier molecular flexibility index (Phi) is 7.66. The Balaban J connectivity index is 1.37. The van der Waals surface area contributed by atoms with Crippen LogP contribution in [0.2, 0.25) is 0 Å². The highest BCUT2D eigenvalue weighted by Gasteiger charge is 2.29. The van der Waals surface area contributed by atoms with E-state index in [0.717, 1.165) is 62.3 Å². The van der Waals surface area contributed by atoms with Gasteiger partial charge in [-0.3, -0.25) is 4.90 Å². The Morgan fingerprint density at radius 2 is 1.94 bits per heavy atom. The third kappa shape index (κ3) is 5.61. The molecule has 0 radical (unpaired) electrons. The molecule has 2 aromatic carbocycles. The summed E-state index contributed by atoms with van der Waals surface area (Å²) in [6.45, 7) is 6.03. The van der Waals surface area contributed by atoms with Crippen molar-refractivity contribution in [2.45, 2.75) is 51.3 Å². The second-order valence-electron chi connectivity index (χ2n) is 8.64. The smallest absolute Gasteiger partial charge is 0.409 e. The quantitative estimate of drug-likeness (QED) is 0.734. The van der Waals surface area contributed by atoms with Gasteiger partial charge in [-0.25, -0.2) is 4.79 Å². The van der Waals surface area contributed by atoms with Crippen LogP contribution in [0.15, 0.2) is 48.5 Å². The molecule has 0 spiro atoms. The number of piperidine rings is 1. The number of nitrogens with zero attached hydrogens (tertiary/aromatic N) is 2. The summed E-state index contributed by atoms with van der Waals surface area (Å²) in [6, 6.07) is 16.8. The van der Waals surface area contributed by atoms with E-state index in [9.17, 15) is 9.90 Å². The molecule has 2 aromatic rings. The lowest BCUT2D eigenvalue weighted by Gasteiger charge is -2.37. The average molecular weight is 439 g/mol. The van der Waals surface area contributed by atoms with E-state index in [2.05, 4.69) is 23.1 Å². The van der Waals surface area contributed by atoms with Gasteiger partial charge in [0, 0.05) is 37.8 Å². The van der Waals surface area contributed by atoms with E-state index in [0.29, 0.717) is 25.7 Å². The number of rotatable bonds is 6. The number of carbonyl (C=O) groups is 1. The molecule has 1 fully saturated rings. The molecule has 2 aliphatic rings. The number of hydrogen-bond acceptors (Lipinski definition) is 5. The second kappa shape index (κ2) is 10.8. The lowest BCUT2D eigenvalue weighted by atomic mass is 9.98. The number of carbonyl (C=O) groups excluding carboxylic acids is 1. The maximum atomic E-state index is 12.0. The summed E-state index contributed by atoms with van der Waals surface area (Å²) in [5.41, 5.74) is 3.32. The number of benzene rings is 2. The Hall–Kier alpha value is -2.57. The second-order valence-corrected chi connectivity index (χ2v) is 8.64. The van der Waals surface area contributed by atoms with Gasteiger partial charge in [0.05, 0.1) is 12.7 Å². The minimum absolute atomic E-state index is 0.204. The molecule has 32 heavy (non-hydrogen) atoms. The fourth-order valence-electron chi connectivity index (χ4n) is 4.70. The number of fused-ring (bicyclic) bond motifs is 1. The Morgan fingerprint density at radius 3 is 2.69 bits per heavy atom. The first-order valence-electron chi connectivity index (χ1n) is 11.8. The molecule has 4 rings (SSSR count). The fraction of sp³-hybridized carbons (Fsp3) is 0.500. The maximum Gasteiger partial charge on any atom is 0.409 e. The summed E-state index contributed by atoms with van der Waals surface area (Å²) >= 11 is 0. The van der Waals surface area contributed by atoms with E-state index < -0.39 is 6.10 Å². The molecule has 1 amide bonds. The van der Waals surface area contributed by atoms with Crippen molar-refractivity contribution in [1.29, 1.82) is 0 Å². The summed E-state index contributed by atoms with van der Waals surface area (Å²) in [7, 11) is 0. The Morgan fingerprint density at radius 1 is 1.16 bits per heavy atom. The third-order valence-corrected chi connectivity index (χ3v) is 6.53. The maximum absolute atomic E-state index is 12.0. The van der Waals surface area contributed by atoms with Crippen molar-refractivity contribution >= 4 is 6.09 Å². The number of ether oxygens (including phenoxy) is 2. The molecule has 1 atom stereocenters. The molecule has 2 heterocycles. The monoisotopic (exact) mass is 438 g/mol. The zero-order valence-electron chi connectivity index (χ0n) is 18.9. The Bertz CT molecular complexity index is 881.